The maximum atomic E-state index is 5.07. The van der Waals surface area contributed by atoms with Crippen molar-refractivity contribution < 1.29 is 4.74 Å². The van der Waals surface area contributed by atoms with E-state index in [4.69, 9.17) is 4.74 Å². The van der Waals surface area contributed by atoms with E-state index in [1.807, 2.05) is 0 Å². The molecule has 1 aromatic rings. The van der Waals surface area contributed by atoms with E-state index in [1.165, 1.54) is 31.2 Å². The molecule has 0 spiro atoms. The van der Waals surface area contributed by atoms with Crippen molar-refractivity contribution >= 4 is 0 Å². The van der Waals surface area contributed by atoms with E-state index in [0.29, 0.717) is 5.41 Å². The van der Waals surface area contributed by atoms with Crippen molar-refractivity contribution in [2.24, 2.45) is 5.41 Å². The Kier molecular flexibility index (Phi) is 7.76. The van der Waals surface area contributed by atoms with Crippen LogP contribution in [0.2, 0.25) is 0 Å². The molecular formula is C17H29NO. The van der Waals surface area contributed by atoms with Crippen LogP contribution in [-0.2, 0) is 11.2 Å². The van der Waals surface area contributed by atoms with Crippen LogP contribution in [0.1, 0.15) is 38.7 Å². The second kappa shape index (κ2) is 9.11. The number of hydrogen-bond donors (Lipinski definition) is 1. The van der Waals surface area contributed by atoms with Crippen LogP contribution in [-0.4, -0.2) is 26.8 Å². The van der Waals surface area contributed by atoms with E-state index < -0.39 is 0 Å². The molecule has 108 valence electrons. The van der Waals surface area contributed by atoms with Gasteiger partial charge in [-0.1, -0.05) is 44.2 Å². The number of methoxy groups -OCH3 is 1. The first-order chi connectivity index (χ1) is 9.20. The van der Waals surface area contributed by atoms with Crippen molar-refractivity contribution in [2.75, 3.05) is 26.8 Å². The molecule has 0 radical (unpaired) electrons. The molecule has 1 rings (SSSR count). The summed E-state index contributed by atoms with van der Waals surface area (Å²) in [4.78, 5) is 0. The molecule has 1 atom stereocenters. The number of rotatable bonds is 10. The Morgan fingerprint density at radius 3 is 2.58 bits per heavy atom. The molecule has 0 aliphatic carbocycles. The van der Waals surface area contributed by atoms with Crippen LogP contribution in [0.3, 0.4) is 0 Å². The summed E-state index contributed by atoms with van der Waals surface area (Å²) in [6.45, 7) is 7.51. The van der Waals surface area contributed by atoms with Gasteiger partial charge in [0.05, 0.1) is 6.61 Å². The van der Waals surface area contributed by atoms with E-state index >= 15 is 0 Å². The lowest BCUT2D eigenvalue weighted by atomic mass is 9.82. The molecule has 0 aliphatic rings. The van der Waals surface area contributed by atoms with Gasteiger partial charge in [-0.05, 0) is 36.7 Å². The van der Waals surface area contributed by atoms with Gasteiger partial charge in [0.1, 0.15) is 0 Å². The average molecular weight is 263 g/mol. The number of benzene rings is 1. The summed E-state index contributed by atoms with van der Waals surface area (Å²) >= 11 is 0. The molecule has 2 nitrogen and oxygen atoms in total. The molecule has 0 saturated heterocycles. The molecule has 0 bridgehead atoms. The van der Waals surface area contributed by atoms with Crippen molar-refractivity contribution in [2.45, 2.75) is 39.5 Å². The molecule has 1 N–H and O–H groups in total. The third kappa shape index (κ3) is 6.74. The van der Waals surface area contributed by atoms with Crippen LogP contribution in [0.15, 0.2) is 30.3 Å². The molecule has 0 heterocycles. The van der Waals surface area contributed by atoms with E-state index in [9.17, 15) is 0 Å². The monoisotopic (exact) mass is 263 g/mol. The first kappa shape index (κ1) is 16.2. The van der Waals surface area contributed by atoms with E-state index in [0.717, 1.165) is 19.7 Å². The lowest BCUT2D eigenvalue weighted by Crippen LogP contribution is -2.33. The number of ether oxygens (including phenoxy) is 1. The highest BCUT2D eigenvalue weighted by Crippen LogP contribution is 2.27. The number of aryl methyl sites for hydroxylation is 1. The SMILES string of the molecule is CCC(C)(CCCc1ccccc1)CNCCOC. The topological polar surface area (TPSA) is 21.3 Å². The Morgan fingerprint density at radius 2 is 1.95 bits per heavy atom. The fourth-order valence-electron chi connectivity index (χ4n) is 2.32. The molecule has 0 aliphatic heterocycles. The highest BCUT2D eigenvalue weighted by Gasteiger charge is 2.20. The number of nitrogens with one attached hydrogen (secondary N) is 1. The first-order valence-corrected chi connectivity index (χ1v) is 7.44. The van der Waals surface area contributed by atoms with E-state index in [2.05, 4.69) is 49.5 Å². The summed E-state index contributed by atoms with van der Waals surface area (Å²) in [5, 5.41) is 3.50. The Hall–Kier alpha value is -0.860. The Bertz CT molecular complexity index is 325. The van der Waals surface area contributed by atoms with Gasteiger partial charge >= 0.3 is 0 Å². The molecule has 1 unspecified atom stereocenters. The van der Waals surface area contributed by atoms with Gasteiger partial charge in [0, 0.05) is 20.2 Å². The molecule has 2 heteroatoms. The third-order valence-electron chi connectivity index (χ3n) is 3.98. The quantitative estimate of drug-likeness (QED) is 0.650. The lowest BCUT2D eigenvalue weighted by molar-refractivity contribution is 0.188. The Morgan fingerprint density at radius 1 is 1.21 bits per heavy atom. The minimum absolute atomic E-state index is 0.405. The fraction of sp³-hybridized carbons (Fsp3) is 0.647. The maximum absolute atomic E-state index is 5.07. The van der Waals surface area contributed by atoms with Crippen LogP contribution < -0.4 is 5.32 Å². The minimum Gasteiger partial charge on any atom is -0.383 e. The van der Waals surface area contributed by atoms with Crippen molar-refractivity contribution in [1.82, 2.24) is 5.32 Å². The lowest BCUT2D eigenvalue weighted by Gasteiger charge is -2.28. The fourth-order valence-corrected chi connectivity index (χ4v) is 2.32. The highest BCUT2D eigenvalue weighted by atomic mass is 16.5. The zero-order valence-electron chi connectivity index (χ0n) is 12.7. The predicted octanol–water partition coefficient (Wildman–Crippen LogP) is 3.66. The summed E-state index contributed by atoms with van der Waals surface area (Å²) in [5.41, 5.74) is 1.86. The van der Waals surface area contributed by atoms with Gasteiger partial charge in [0.15, 0.2) is 0 Å². The van der Waals surface area contributed by atoms with Gasteiger partial charge < -0.3 is 10.1 Å². The van der Waals surface area contributed by atoms with Crippen molar-refractivity contribution in [3.63, 3.8) is 0 Å². The zero-order chi connectivity index (χ0) is 14.0. The van der Waals surface area contributed by atoms with Gasteiger partial charge in [0.2, 0.25) is 0 Å². The summed E-state index contributed by atoms with van der Waals surface area (Å²) in [5.74, 6) is 0. The van der Waals surface area contributed by atoms with Crippen LogP contribution in [0.25, 0.3) is 0 Å². The second-order valence-corrected chi connectivity index (χ2v) is 5.67. The van der Waals surface area contributed by atoms with Crippen molar-refractivity contribution in [3.8, 4) is 0 Å². The van der Waals surface area contributed by atoms with Crippen LogP contribution in [0.5, 0.6) is 0 Å². The van der Waals surface area contributed by atoms with Crippen LogP contribution >= 0.6 is 0 Å². The largest absolute Gasteiger partial charge is 0.383 e. The van der Waals surface area contributed by atoms with Gasteiger partial charge in [-0.25, -0.2) is 0 Å². The third-order valence-corrected chi connectivity index (χ3v) is 3.98. The minimum atomic E-state index is 0.405. The van der Waals surface area contributed by atoms with Gasteiger partial charge in [-0.3, -0.25) is 0 Å². The summed E-state index contributed by atoms with van der Waals surface area (Å²) in [7, 11) is 1.75. The highest BCUT2D eigenvalue weighted by molar-refractivity contribution is 5.14. The summed E-state index contributed by atoms with van der Waals surface area (Å²) < 4.78 is 5.07. The first-order valence-electron chi connectivity index (χ1n) is 7.44. The normalized spacial score (nSPS) is 14.3. The van der Waals surface area contributed by atoms with Crippen molar-refractivity contribution in [3.05, 3.63) is 35.9 Å². The van der Waals surface area contributed by atoms with Crippen LogP contribution in [0, 0.1) is 5.41 Å². The summed E-state index contributed by atoms with van der Waals surface area (Å²) in [6, 6.07) is 10.8. The van der Waals surface area contributed by atoms with Gasteiger partial charge in [0.25, 0.3) is 0 Å². The molecule has 0 fully saturated rings. The van der Waals surface area contributed by atoms with Crippen molar-refractivity contribution in [1.29, 1.82) is 0 Å². The molecule has 0 amide bonds. The average Bonchev–Trinajstić information content (AvgIpc) is 2.45. The molecule has 1 aromatic carbocycles. The molecule has 19 heavy (non-hydrogen) atoms. The standard InChI is InChI=1S/C17H29NO/c1-4-17(2,15-18-13-14-19-3)12-8-11-16-9-6-5-7-10-16/h5-7,9-10,18H,4,8,11-15H2,1-3H3. The second-order valence-electron chi connectivity index (χ2n) is 5.67. The maximum Gasteiger partial charge on any atom is 0.0587 e. The van der Waals surface area contributed by atoms with E-state index in [-0.39, 0.29) is 0 Å². The number of hydrogen-bond acceptors (Lipinski definition) is 2. The van der Waals surface area contributed by atoms with E-state index in [1.54, 1.807) is 7.11 Å². The zero-order valence-corrected chi connectivity index (χ0v) is 12.7. The Balaban J connectivity index is 2.26. The predicted molar refractivity (Wildman–Crippen MR) is 82.5 cm³/mol. The van der Waals surface area contributed by atoms with Gasteiger partial charge in [-0.15, -0.1) is 0 Å². The van der Waals surface area contributed by atoms with Gasteiger partial charge in [-0.2, -0.15) is 0 Å². The summed E-state index contributed by atoms with van der Waals surface area (Å²) in [6.07, 6.45) is 4.95. The van der Waals surface area contributed by atoms with Crippen LogP contribution in [0.4, 0.5) is 0 Å². The Labute approximate surface area is 118 Å². The molecule has 0 saturated carbocycles. The molecular weight excluding hydrogens is 234 g/mol. The smallest absolute Gasteiger partial charge is 0.0587 e. The molecule has 0 aromatic heterocycles.